The fourth-order valence-electron chi connectivity index (χ4n) is 2.90. The smallest absolute Gasteiger partial charge is 0.303 e. The molecule has 0 aliphatic rings. The SMILES string of the molecule is CCCCCCCCCCCCCCCCCC(=O)O.NCCOCCO. The fraction of sp³-hybridized carbons (Fsp3) is 0.955. The van der Waals surface area contributed by atoms with Gasteiger partial charge in [0, 0.05) is 13.0 Å². The summed E-state index contributed by atoms with van der Waals surface area (Å²) >= 11 is 0. The van der Waals surface area contributed by atoms with Gasteiger partial charge in [-0.2, -0.15) is 0 Å². The minimum absolute atomic E-state index is 0.0833. The largest absolute Gasteiger partial charge is 0.481 e. The van der Waals surface area contributed by atoms with Crippen molar-refractivity contribution in [3.05, 3.63) is 0 Å². The first-order valence-corrected chi connectivity index (χ1v) is 11.3. The average molecular weight is 390 g/mol. The summed E-state index contributed by atoms with van der Waals surface area (Å²) in [6.07, 6.45) is 20.2. The maximum atomic E-state index is 10.3. The molecule has 0 fully saturated rings. The maximum absolute atomic E-state index is 10.3. The third-order valence-corrected chi connectivity index (χ3v) is 4.49. The summed E-state index contributed by atoms with van der Waals surface area (Å²) in [6, 6.07) is 0. The van der Waals surface area contributed by atoms with Crippen LogP contribution in [0.1, 0.15) is 110 Å². The molecule has 0 bridgehead atoms. The van der Waals surface area contributed by atoms with Gasteiger partial charge >= 0.3 is 5.97 Å². The lowest BCUT2D eigenvalue weighted by atomic mass is 10.0. The second-order valence-corrected chi connectivity index (χ2v) is 7.22. The molecular formula is C22H47NO4. The highest BCUT2D eigenvalue weighted by molar-refractivity contribution is 5.66. The molecule has 0 aliphatic heterocycles. The third kappa shape index (κ3) is 33.4. The zero-order chi connectivity index (χ0) is 20.4. The Kier molecular flexibility index (Phi) is 29.2. The molecule has 4 N–H and O–H groups in total. The number of carbonyl (C=O) groups is 1. The molecule has 0 radical (unpaired) electrons. The van der Waals surface area contributed by atoms with Gasteiger partial charge in [0.25, 0.3) is 0 Å². The molecule has 0 atom stereocenters. The second-order valence-electron chi connectivity index (χ2n) is 7.22. The number of ether oxygens (including phenoxy) is 1. The van der Waals surface area contributed by atoms with E-state index in [0.29, 0.717) is 26.2 Å². The minimum Gasteiger partial charge on any atom is -0.481 e. The first-order chi connectivity index (χ1) is 13.2. The molecule has 164 valence electrons. The van der Waals surface area contributed by atoms with Crippen molar-refractivity contribution in [2.24, 2.45) is 5.73 Å². The first kappa shape index (κ1) is 28.6. The molecule has 0 rings (SSSR count). The van der Waals surface area contributed by atoms with Gasteiger partial charge in [-0.25, -0.2) is 0 Å². The highest BCUT2D eigenvalue weighted by Gasteiger charge is 1.97. The van der Waals surface area contributed by atoms with Crippen molar-refractivity contribution in [2.75, 3.05) is 26.4 Å². The lowest BCUT2D eigenvalue weighted by Crippen LogP contribution is -2.10. The van der Waals surface area contributed by atoms with E-state index >= 15 is 0 Å². The molecule has 0 heterocycles. The van der Waals surface area contributed by atoms with Crippen LogP contribution in [0.25, 0.3) is 0 Å². The molecule has 0 amide bonds. The van der Waals surface area contributed by atoms with Crippen molar-refractivity contribution in [3.63, 3.8) is 0 Å². The van der Waals surface area contributed by atoms with Gasteiger partial charge in [-0.15, -0.1) is 0 Å². The Balaban J connectivity index is 0. The van der Waals surface area contributed by atoms with Gasteiger partial charge in [0.2, 0.25) is 0 Å². The van der Waals surface area contributed by atoms with Crippen LogP contribution in [-0.4, -0.2) is 42.5 Å². The number of carboxylic acids is 1. The zero-order valence-corrected chi connectivity index (χ0v) is 17.9. The van der Waals surface area contributed by atoms with Crippen molar-refractivity contribution in [2.45, 2.75) is 110 Å². The monoisotopic (exact) mass is 389 g/mol. The van der Waals surface area contributed by atoms with E-state index < -0.39 is 5.97 Å². The van der Waals surface area contributed by atoms with Crippen molar-refractivity contribution in [1.29, 1.82) is 0 Å². The molecule has 0 spiro atoms. The van der Waals surface area contributed by atoms with Crippen LogP contribution in [0, 0.1) is 0 Å². The summed E-state index contributed by atoms with van der Waals surface area (Å²) in [5.41, 5.74) is 5.06. The van der Waals surface area contributed by atoms with Gasteiger partial charge in [-0.1, -0.05) is 96.8 Å². The normalized spacial score (nSPS) is 10.5. The number of aliphatic hydroxyl groups excluding tert-OH is 1. The molecule has 0 saturated heterocycles. The van der Waals surface area contributed by atoms with E-state index in [2.05, 4.69) is 6.92 Å². The van der Waals surface area contributed by atoms with Crippen LogP contribution >= 0.6 is 0 Å². The first-order valence-electron chi connectivity index (χ1n) is 11.3. The average Bonchev–Trinajstić information content (AvgIpc) is 2.65. The van der Waals surface area contributed by atoms with Gasteiger partial charge in [-0.3, -0.25) is 4.79 Å². The minimum atomic E-state index is -0.653. The maximum Gasteiger partial charge on any atom is 0.303 e. The van der Waals surface area contributed by atoms with Crippen LogP contribution in [0.15, 0.2) is 0 Å². The van der Waals surface area contributed by atoms with Crippen LogP contribution in [0.2, 0.25) is 0 Å². The number of aliphatic hydroxyl groups is 1. The predicted molar refractivity (Wildman–Crippen MR) is 114 cm³/mol. The highest BCUT2D eigenvalue weighted by atomic mass is 16.5. The van der Waals surface area contributed by atoms with Gasteiger partial charge in [0.15, 0.2) is 0 Å². The molecule has 0 aromatic rings. The Labute approximate surface area is 168 Å². The Hall–Kier alpha value is -0.650. The van der Waals surface area contributed by atoms with E-state index in [1.807, 2.05) is 0 Å². The van der Waals surface area contributed by atoms with Crippen molar-refractivity contribution >= 4 is 5.97 Å². The number of carboxylic acid groups (broad SMARTS) is 1. The van der Waals surface area contributed by atoms with Crippen LogP contribution in [0.3, 0.4) is 0 Å². The summed E-state index contributed by atoms with van der Waals surface area (Å²) < 4.78 is 4.76. The number of nitrogens with two attached hydrogens (primary N) is 1. The lowest BCUT2D eigenvalue weighted by Gasteiger charge is -2.03. The van der Waals surface area contributed by atoms with Crippen LogP contribution < -0.4 is 5.73 Å². The van der Waals surface area contributed by atoms with Crippen LogP contribution in [-0.2, 0) is 9.53 Å². The van der Waals surface area contributed by atoms with E-state index in [-0.39, 0.29) is 6.61 Å². The van der Waals surface area contributed by atoms with E-state index in [0.717, 1.165) is 12.8 Å². The summed E-state index contributed by atoms with van der Waals surface area (Å²) in [7, 11) is 0. The molecule has 0 aliphatic carbocycles. The van der Waals surface area contributed by atoms with Crippen molar-refractivity contribution < 1.29 is 19.7 Å². The third-order valence-electron chi connectivity index (χ3n) is 4.49. The van der Waals surface area contributed by atoms with E-state index in [1.165, 1.54) is 83.5 Å². The van der Waals surface area contributed by atoms with Crippen LogP contribution in [0.5, 0.6) is 0 Å². The van der Waals surface area contributed by atoms with E-state index in [1.54, 1.807) is 0 Å². The number of unbranched alkanes of at least 4 members (excludes halogenated alkanes) is 14. The van der Waals surface area contributed by atoms with Crippen molar-refractivity contribution in [3.8, 4) is 0 Å². The van der Waals surface area contributed by atoms with Crippen LogP contribution in [0.4, 0.5) is 0 Å². The van der Waals surface area contributed by atoms with Crippen molar-refractivity contribution in [1.82, 2.24) is 0 Å². The molecule has 0 aromatic heterocycles. The molecule has 5 heteroatoms. The number of hydrogen-bond acceptors (Lipinski definition) is 4. The highest BCUT2D eigenvalue weighted by Crippen LogP contribution is 2.13. The number of aliphatic carboxylic acids is 1. The Morgan fingerprint density at radius 1 is 0.741 bits per heavy atom. The second kappa shape index (κ2) is 27.6. The molecular weight excluding hydrogens is 342 g/mol. The number of hydrogen-bond donors (Lipinski definition) is 3. The Morgan fingerprint density at radius 2 is 1.15 bits per heavy atom. The topological polar surface area (TPSA) is 92.8 Å². The van der Waals surface area contributed by atoms with E-state index in [4.69, 9.17) is 20.7 Å². The standard InChI is InChI=1S/C18H36O2.C4H11NO2/c1-2-3-4-5-6-7-8-9-10-11-12-13-14-15-16-17-18(19)20;5-1-3-7-4-2-6/h2-17H2,1H3,(H,19,20);6H,1-5H2. The zero-order valence-electron chi connectivity index (χ0n) is 17.9. The molecule has 0 aromatic carbocycles. The molecule has 0 saturated carbocycles. The Morgan fingerprint density at radius 3 is 1.48 bits per heavy atom. The summed E-state index contributed by atoms with van der Waals surface area (Å²) in [5, 5.41) is 16.6. The summed E-state index contributed by atoms with van der Waals surface area (Å²) in [5.74, 6) is -0.653. The molecule has 5 nitrogen and oxygen atoms in total. The quantitative estimate of drug-likeness (QED) is 0.246. The molecule has 27 heavy (non-hydrogen) atoms. The van der Waals surface area contributed by atoms with Gasteiger partial charge < -0.3 is 20.7 Å². The summed E-state index contributed by atoms with van der Waals surface area (Å²) in [6.45, 7) is 3.82. The van der Waals surface area contributed by atoms with Gasteiger partial charge in [-0.05, 0) is 6.42 Å². The summed E-state index contributed by atoms with van der Waals surface area (Å²) in [4.78, 5) is 10.3. The molecule has 0 unspecified atom stereocenters. The van der Waals surface area contributed by atoms with Gasteiger partial charge in [0.05, 0.1) is 19.8 Å². The Bertz CT molecular complexity index is 271. The van der Waals surface area contributed by atoms with Gasteiger partial charge in [0.1, 0.15) is 0 Å². The predicted octanol–water partition coefficient (Wildman–Crippen LogP) is 5.29. The lowest BCUT2D eigenvalue weighted by molar-refractivity contribution is -0.137. The van der Waals surface area contributed by atoms with E-state index in [9.17, 15) is 4.79 Å². The number of rotatable bonds is 20. The fourth-order valence-corrected chi connectivity index (χ4v) is 2.90.